The first-order valence-electron chi connectivity index (χ1n) is 4.97. The van der Waals surface area contributed by atoms with Gasteiger partial charge in [0.15, 0.2) is 5.82 Å². The Morgan fingerprint density at radius 1 is 1.47 bits per heavy atom. The molecule has 0 bridgehead atoms. The second kappa shape index (κ2) is 4.92. The Morgan fingerprint density at radius 2 is 2.24 bits per heavy atom. The van der Waals surface area contributed by atoms with Crippen LogP contribution in [0.15, 0.2) is 24.3 Å². The molecule has 0 radical (unpaired) electrons. The molecule has 0 fully saturated rings. The van der Waals surface area contributed by atoms with Crippen LogP contribution < -0.4 is 5.32 Å². The summed E-state index contributed by atoms with van der Waals surface area (Å²) in [7, 11) is 0. The van der Waals surface area contributed by atoms with Crippen molar-refractivity contribution in [2.45, 2.75) is 13.0 Å². The number of halogens is 1. The Morgan fingerprint density at radius 3 is 2.88 bits per heavy atom. The molecule has 2 rings (SSSR count). The number of H-pyrrole nitrogens is 1. The summed E-state index contributed by atoms with van der Waals surface area (Å²) in [6.45, 7) is 1.76. The lowest BCUT2D eigenvalue weighted by atomic mass is 10.2. The minimum atomic E-state index is -0.336. The first-order chi connectivity index (χ1) is 8.18. The number of amides is 1. The zero-order valence-electron chi connectivity index (χ0n) is 9.01. The van der Waals surface area contributed by atoms with Gasteiger partial charge in [-0.15, -0.1) is 10.2 Å². The standard InChI is InChI=1S/C10H10ClN5O/c1-6(9-13-15-16-14-9)12-10(17)7-4-2-3-5-8(7)11/h2-6H,1H3,(H,12,17)(H,13,14,15,16). The summed E-state index contributed by atoms with van der Waals surface area (Å²) in [5.41, 5.74) is 0.421. The minimum absolute atomic E-state index is 0.270. The first kappa shape index (κ1) is 11.5. The van der Waals surface area contributed by atoms with Gasteiger partial charge in [-0.2, -0.15) is 5.21 Å². The number of hydrogen-bond donors (Lipinski definition) is 2. The van der Waals surface area contributed by atoms with Gasteiger partial charge in [0.05, 0.1) is 16.6 Å². The summed E-state index contributed by atoms with van der Waals surface area (Å²) < 4.78 is 0. The van der Waals surface area contributed by atoms with E-state index in [0.29, 0.717) is 16.4 Å². The summed E-state index contributed by atoms with van der Waals surface area (Å²) in [6.07, 6.45) is 0. The Balaban J connectivity index is 2.10. The van der Waals surface area contributed by atoms with Crippen LogP contribution >= 0.6 is 11.6 Å². The van der Waals surface area contributed by atoms with Crippen molar-refractivity contribution in [1.82, 2.24) is 25.9 Å². The fourth-order valence-electron chi connectivity index (χ4n) is 1.34. The van der Waals surface area contributed by atoms with Gasteiger partial charge in [-0.25, -0.2) is 0 Å². The average molecular weight is 252 g/mol. The topological polar surface area (TPSA) is 83.6 Å². The molecular weight excluding hydrogens is 242 g/mol. The fraction of sp³-hybridized carbons (Fsp3) is 0.200. The van der Waals surface area contributed by atoms with Crippen molar-refractivity contribution < 1.29 is 4.79 Å². The monoisotopic (exact) mass is 251 g/mol. The normalized spacial score (nSPS) is 12.1. The predicted octanol–water partition coefficient (Wildman–Crippen LogP) is 1.34. The van der Waals surface area contributed by atoms with Crippen LogP contribution in [0.25, 0.3) is 0 Å². The van der Waals surface area contributed by atoms with E-state index in [2.05, 4.69) is 25.9 Å². The maximum absolute atomic E-state index is 11.9. The van der Waals surface area contributed by atoms with E-state index in [4.69, 9.17) is 11.6 Å². The van der Waals surface area contributed by atoms with Gasteiger partial charge in [-0.1, -0.05) is 28.9 Å². The van der Waals surface area contributed by atoms with Crippen molar-refractivity contribution in [2.75, 3.05) is 0 Å². The summed E-state index contributed by atoms with van der Waals surface area (Å²) in [5, 5.41) is 16.5. The van der Waals surface area contributed by atoms with Crippen LogP contribution in [-0.4, -0.2) is 26.5 Å². The highest BCUT2D eigenvalue weighted by atomic mass is 35.5. The average Bonchev–Trinajstić information content (AvgIpc) is 2.82. The molecule has 0 aliphatic rings. The van der Waals surface area contributed by atoms with Crippen LogP contribution in [0.1, 0.15) is 29.1 Å². The van der Waals surface area contributed by atoms with Crippen LogP contribution in [0.3, 0.4) is 0 Å². The van der Waals surface area contributed by atoms with Gasteiger partial charge in [0.1, 0.15) is 0 Å². The zero-order valence-corrected chi connectivity index (χ0v) is 9.77. The number of nitrogens with zero attached hydrogens (tertiary/aromatic N) is 3. The van der Waals surface area contributed by atoms with Gasteiger partial charge in [0, 0.05) is 0 Å². The van der Waals surface area contributed by atoms with Gasteiger partial charge >= 0.3 is 0 Å². The molecule has 2 aromatic rings. The highest BCUT2D eigenvalue weighted by molar-refractivity contribution is 6.33. The Bertz CT molecular complexity index is 513. The van der Waals surface area contributed by atoms with Gasteiger partial charge in [0.25, 0.3) is 5.91 Å². The van der Waals surface area contributed by atoms with Gasteiger partial charge < -0.3 is 5.32 Å². The number of aromatic amines is 1. The highest BCUT2D eigenvalue weighted by Crippen LogP contribution is 2.15. The number of tetrazole rings is 1. The second-order valence-corrected chi connectivity index (χ2v) is 3.85. The molecule has 17 heavy (non-hydrogen) atoms. The van der Waals surface area contributed by atoms with Crippen LogP contribution in [-0.2, 0) is 0 Å². The molecule has 0 saturated carbocycles. The van der Waals surface area contributed by atoms with E-state index in [1.165, 1.54) is 0 Å². The molecule has 1 atom stereocenters. The molecule has 1 heterocycles. The van der Waals surface area contributed by atoms with E-state index >= 15 is 0 Å². The molecule has 2 N–H and O–H groups in total. The lowest BCUT2D eigenvalue weighted by molar-refractivity contribution is 0.0938. The van der Waals surface area contributed by atoms with E-state index in [1.807, 2.05) is 0 Å². The Labute approximate surface area is 102 Å². The maximum Gasteiger partial charge on any atom is 0.253 e. The fourth-order valence-corrected chi connectivity index (χ4v) is 1.56. The van der Waals surface area contributed by atoms with E-state index in [0.717, 1.165) is 0 Å². The number of nitrogens with one attached hydrogen (secondary N) is 2. The molecule has 1 aromatic carbocycles. The number of carbonyl (C=O) groups excluding carboxylic acids is 1. The van der Waals surface area contributed by atoms with Crippen LogP contribution in [0, 0.1) is 0 Å². The summed E-state index contributed by atoms with van der Waals surface area (Å²) in [4.78, 5) is 11.9. The number of carbonyl (C=O) groups is 1. The summed E-state index contributed by atoms with van der Waals surface area (Å²) in [6, 6.07) is 6.50. The van der Waals surface area contributed by atoms with Crippen molar-refractivity contribution in [3.63, 3.8) is 0 Å². The number of aromatic nitrogens is 4. The molecule has 1 amide bonds. The number of hydrogen-bond acceptors (Lipinski definition) is 4. The van der Waals surface area contributed by atoms with Crippen molar-refractivity contribution in [3.8, 4) is 0 Å². The summed E-state index contributed by atoms with van der Waals surface area (Å²) in [5.74, 6) is 0.151. The van der Waals surface area contributed by atoms with E-state index in [9.17, 15) is 4.79 Å². The van der Waals surface area contributed by atoms with Crippen molar-refractivity contribution >= 4 is 17.5 Å². The first-order valence-corrected chi connectivity index (χ1v) is 5.35. The molecule has 0 spiro atoms. The van der Waals surface area contributed by atoms with Crippen LogP contribution in [0.2, 0.25) is 5.02 Å². The zero-order chi connectivity index (χ0) is 12.3. The van der Waals surface area contributed by atoms with Crippen molar-refractivity contribution in [1.29, 1.82) is 0 Å². The smallest absolute Gasteiger partial charge is 0.253 e. The molecule has 88 valence electrons. The molecular formula is C10H10ClN5O. The molecule has 1 aromatic heterocycles. The van der Waals surface area contributed by atoms with E-state index in [-0.39, 0.29) is 11.9 Å². The summed E-state index contributed by atoms with van der Waals surface area (Å²) >= 11 is 5.92. The second-order valence-electron chi connectivity index (χ2n) is 3.44. The largest absolute Gasteiger partial charge is 0.342 e. The lowest BCUT2D eigenvalue weighted by Crippen LogP contribution is -2.27. The lowest BCUT2D eigenvalue weighted by Gasteiger charge is -2.10. The third-order valence-corrected chi connectivity index (χ3v) is 2.54. The van der Waals surface area contributed by atoms with Gasteiger partial charge in [0.2, 0.25) is 0 Å². The highest BCUT2D eigenvalue weighted by Gasteiger charge is 2.16. The minimum Gasteiger partial charge on any atom is -0.342 e. The van der Waals surface area contributed by atoms with Crippen molar-refractivity contribution in [3.05, 3.63) is 40.7 Å². The number of rotatable bonds is 3. The maximum atomic E-state index is 11.9. The number of benzene rings is 1. The van der Waals surface area contributed by atoms with Crippen LogP contribution in [0.4, 0.5) is 0 Å². The van der Waals surface area contributed by atoms with Crippen LogP contribution in [0.5, 0.6) is 0 Å². The Kier molecular flexibility index (Phi) is 3.34. The van der Waals surface area contributed by atoms with Gasteiger partial charge in [-0.3, -0.25) is 4.79 Å². The van der Waals surface area contributed by atoms with E-state index in [1.54, 1.807) is 31.2 Å². The molecule has 6 nitrogen and oxygen atoms in total. The predicted molar refractivity (Wildman–Crippen MR) is 61.5 cm³/mol. The molecule has 7 heteroatoms. The van der Waals surface area contributed by atoms with Crippen molar-refractivity contribution in [2.24, 2.45) is 0 Å². The van der Waals surface area contributed by atoms with E-state index < -0.39 is 0 Å². The molecule has 0 saturated heterocycles. The third-order valence-electron chi connectivity index (χ3n) is 2.22. The molecule has 0 aliphatic carbocycles. The molecule has 1 unspecified atom stereocenters. The molecule has 0 aliphatic heterocycles. The SMILES string of the molecule is CC(NC(=O)c1ccccc1Cl)c1nn[nH]n1. The quantitative estimate of drug-likeness (QED) is 0.862. The van der Waals surface area contributed by atoms with Gasteiger partial charge in [-0.05, 0) is 19.1 Å². The third kappa shape index (κ3) is 2.59. The Hall–Kier alpha value is -1.95.